The lowest BCUT2D eigenvalue weighted by Crippen LogP contribution is -2.38. The molecule has 0 saturated carbocycles. The zero-order valence-corrected chi connectivity index (χ0v) is 23.2. The second-order valence-electron chi connectivity index (χ2n) is 9.83. The number of amides is 1. The summed E-state index contributed by atoms with van der Waals surface area (Å²) < 4.78 is 46.7. The van der Waals surface area contributed by atoms with Crippen LogP contribution in [0.1, 0.15) is 21.5 Å². The number of halogens is 3. The first-order valence-electron chi connectivity index (χ1n) is 13.4. The number of hydrogen-bond acceptors (Lipinski definition) is 8. The zero-order valence-electron chi connectivity index (χ0n) is 23.2. The summed E-state index contributed by atoms with van der Waals surface area (Å²) in [5.74, 6) is 0.564. The standard InChI is InChI=1S/C29H31F3N8O2/c1-19-6-7-22(36-28(41)20-4-3-5-21(14-20)29(30,31)32)15-24(19)37-27-23(25-16-26(33-2)35-18-34-25)17-40(38-27)9-8-39-10-12-42-13-11-39/h3-7,14-18H,8-13H2,1-2H3,(H,36,41)(H,37,38)(H,33,34,35). The number of anilines is 4. The molecule has 1 aliphatic rings. The van der Waals surface area contributed by atoms with E-state index >= 15 is 0 Å². The molecule has 1 amide bonds. The molecule has 13 heteroatoms. The SMILES string of the molecule is CNc1cc(-c2cn(CCN3CCOCC3)nc2Nc2cc(NC(=O)c3cccc(C(F)(F)F)c3)ccc2C)ncn1. The van der Waals surface area contributed by atoms with E-state index < -0.39 is 17.6 Å². The summed E-state index contributed by atoms with van der Waals surface area (Å²) >= 11 is 0. The Morgan fingerprint density at radius 3 is 2.62 bits per heavy atom. The molecule has 5 rings (SSSR count). The van der Waals surface area contributed by atoms with Crippen LogP contribution in [0.25, 0.3) is 11.3 Å². The van der Waals surface area contributed by atoms with Crippen LogP contribution in [0, 0.1) is 6.92 Å². The van der Waals surface area contributed by atoms with E-state index in [9.17, 15) is 18.0 Å². The predicted octanol–water partition coefficient (Wildman–Crippen LogP) is 5.04. The van der Waals surface area contributed by atoms with Crippen molar-refractivity contribution in [2.45, 2.75) is 19.6 Å². The van der Waals surface area contributed by atoms with Gasteiger partial charge in [0.2, 0.25) is 0 Å². The topological polar surface area (TPSA) is 109 Å². The minimum Gasteiger partial charge on any atom is -0.379 e. The minimum absolute atomic E-state index is 0.0923. The molecule has 0 aliphatic carbocycles. The summed E-state index contributed by atoms with van der Waals surface area (Å²) in [7, 11) is 1.78. The number of rotatable bonds is 9. The van der Waals surface area contributed by atoms with Crippen LogP contribution in [0.15, 0.2) is 61.1 Å². The highest BCUT2D eigenvalue weighted by atomic mass is 19.4. The molecule has 0 spiro atoms. The van der Waals surface area contributed by atoms with Crippen LogP contribution in [-0.4, -0.2) is 70.5 Å². The maximum Gasteiger partial charge on any atom is 0.416 e. The van der Waals surface area contributed by atoms with Crippen LogP contribution < -0.4 is 16.0 Å². The van der Waals surface area contributed by atoms with Crippen molar-refractivity contribution in [2.24, 2.45) is 0 Å². The zero-order chi connectivity index (χ0) is 29.7. The Kier molecular flexibility index (Phi) is 8.69. The number of aromatic nitrogens is 4. The van der Waals surface area contributed by atoms with E-state index in [1.807, 2.05) is 29.9 Å². The molecule has 3 N–H and O–H groups in total. The van der Waals surface area contributed by atoms with Gasteiger partial charge in [-0.1, -0.05) is 12.1 Å². The van der Waals surface area contributed by atoms with Crippen molar-refractivity contribution >= 4 is 28.9 Å². The van der Waals surface area contributed by atoms with Gasteiger partial charge in [-0.15, -0.1) is 0 Å². The number of carbonyl (C=O) groups is 1. The van der Waals surface area contributed by atoms with E-state index in [0.29, 0.717) is 48.5 Å². The summed E-state index contributed by atoms with van der Waals surface area (Å²) in [6.45, 7) is 6.54. The summed E-state index contributed by atoms with van der Waals surface area (Å²) in [6.07, 6.45) is -1.14. The van der Waals surface area contributed by atoms with Gasteiger partial charge in [0.05, 0.1) is 36.6 Å². The fourth-order valence-electron chi connectivity index (χ4n) is 4.53. The van der Waals surface area contributed by atoms with Crippen LogP contribution >= 0.6 is 0 Å². The molecule has 2 aromatic heterocycles. The van der Waals surface area contributed by atoms with Gasteiger partial charge < -0.3 is 20.7 Å². The first kappa shape index (κ1) is 29.0. The van der Waals surface area contributed by atoms with Crippen LogP contribution in [-0.2, 0) is 17.5 Å². The Labute approximate surface area is 240 Å². The first-order valence-corrected chi connectivity index (χ1v) is 13.4. The normalized spacial score (nSPS) is 14.0. The lowest BCUT2D eigenvalue weighted by Gasteiger charge is -2.26. The van der Waals surface area contributed by atoms with Gasteiger partial charge in [-0.25, -0.2) is 9.97 Å². The van der Waals surface area contributed by atoms with Gasteiger partial charge >= 0.3 is 6.18 Å². The van der Waals surface area contributed by atoms with Crippen molar-refractivity contribution in [1.82, 2.24) is 24.6 Å². The quantitative estimate of drug-likeness (QED) is 0.253. The van der Waals surface area contributed by atoms with E-state index in [-0.39, 0.29) is 5.56 Å². The molecule has 0 radical (unpaired) electrons. The molecule has 1 fully saturated rings. The van der Waals surface area contributed by atoms with Crippen molar-refractivity contribution in [1.29, 1.82) is 0 Å². The van der Waals surface area contributed by atoms with Crippen molar-refractivity contribution in [2.75, 3.05) is 55.8 Å². The number of nitrogens with one attached hydrogen (secondary N) is 3. The summed E-state index contributed by atoms with van der Waals surface area (Å²) in [5, 5.41) is 13.9. The number of hydrogen-bond donors (Lipinski definition) is 3. The van der Waals surface area contributed by atoms with E-state index in [1.165, 1.54) is 18.5 Å². The van der Waals surface area contributed by atoms with Crippen molar-refractivity contribution < 1.29 is 22.7 Å². The van der Waals surface area contributed by atoms with Gasteiger partial charge in [-0.3, -0.25) is 14.4 Å². The summed E-state index contributed by atoms with van der Waals surface area (Å²) in [4.78, 5) is 23.8. The number of alkyl halides is 3. The number of carbonyl (C=O) groups excluding carboxylic acids is 1. The fraction of sp³-hybridized carbons (Fsp3) is 0.310. The van der Waals surface area contributed by atoms with Crippen LogP contribution in [0.3, 0.4) is 0 Å². The molecule has 42 heavy (non-hydrogen) atoms. The Hall–Kier alpha value is -4.49. The molecule has 220 valence electrons. The minimum atomic E-state index is -4.54. The molecule has 0 unspecified atom stereocenters. The lowest BCUT2D eigenvalue weighted by atomic mass is 10.1. The molecular formula is C29H31F3N8O2. The third-order valence-electron chi connectivity index (χ3n) is 6.91. The monoisotopic (exact) mass is 580 g/mol. The molecule has 0 bridgehead atoms. The van der Waals surface area contributed by atoms with Gasteiger partial charge in [0.25, 0.3) is 5.91 Å². The maximum atomic E-state index is 13.1. The van der Waals surface area contributed by atoms with Crippen LogP contribution in [0.4, 0.5) is 36.2 Å². The largest absolute Gasteiger partial charge is 0.416 e. The van der Waals surface area contributed by atoms with Crippen LogP contribution in [0.2, 0.25) is 0 Å². The number of nitrogens with zero attached hydrogens (tertiary/aromatic N) is 5. The molecular weight excluding hydrogens is 549 g/mol. The molecule has 1 saturated heterocycles. The molecule has 0 atom stereocenters. The molecule has 1 aliphatic heterocycles. The Morgan fingerprint density at radius 2 is 1.86 bits per heavy atom. The maximum absolute atomic E-state index is 13.1. The van der Waals surface area contributed by atoms with Gasteiger partial charge in [0.1, 0.15) is 12.1 Å². The van der Waals surface area contributed by atoms with Crippen molar-refractivity contribution in [3.63, 3.8) is 0 Å². The van der Waals surface area contributed by atoms with E-state index in [2.05, 4.69) is 30.8 Å². The highest BCUT2D eigenvalue weighted by Crippen LogP contribution is 2.32. The lowest BCUT2D eigenvalue weighted by molar-refractivity contribution is -0.137. The first-order chi connectivity index (χ1) is 20.2. The smallest absolute Gasteiger partial charge is 0.379 e. The fourth-order valence-corrected chi connectivity index (χ4v) is 4.53. The number of ether oxygens (including phenoxy) is 1. The van der Waals surface area contributed by atoms with Gasteiger partial charge in [0, 0.05) is 55.9 Å². The van der Waals surface area contributed by atoms with E-state index in [0.717, 1.165) is 42.9 Å². The molecule has 2 aromatic carbocycles. The second-order valence-corrected chi connectivity index (χ2v) is 9.83. The average Bonchev–Trinajstić information content (AvgIpc) is 3.40. The molecule has 3 heterocycles. The van der Waals surface area contributed by atoms with Crippen molar-refractivity contribution in [3.05, 3.63) is 77.7 Å². The van der Waals surface area contributed by atoms with Gasteiger partial charge in [0.15, 0.2) is 5.82 Å². The molecule has 10 nitrogen and oxygen atoms in total. The average molecular weight is 581 g/mol. The number of benzene rings is 2. The highest BCUT2D eigenvalue weighted by Gasteiger charge is 2.31. The third kappa shape index (κ3) is 7.04. The molecule has 4 aromatic rings. The summed E-state index contributed by atoms with van der Waals surface area (Å²) in [5.41, 5.74) is 2.40. The van der Waals surface area contributed by atoms with Gasteiger partial charge in [-0.05, 0) is 42.8 Å². The van der Waals surface area contributed by atoms with E-state index in [1.54, 1.807) is 19.2 Å². The van der Waals surface area contributed by atoms with Gasteiger partial charge in [-0.2, -0.15) is 18.3 Å². The predicted molar refractivity (Wildman–Crippen MR) is 154 cm³/mol. The third-order valence-corrected chi connectivity index (χ3v) is 6.91. The number of aryl methyl sites for hydroxylation is 1. The van der Waals surface area contributed by atoms with Crippen LogP contribution in [0.5, 0.6) is 0 Å². The van der Waals surface area contributed by atoms with E-state index in [4.69, 9.17) is 9.84 Å². The second kappa shape index (κ2) is 12.6. The Bertz CT molecular complexity index is 1550. The number of morpholine rings is 1. The summed E-state index contributed by atoms with van der Waals surface area (Å²) in [6, 6.07) is 11.4. The highest BCUT2D eigenvalue weighted by molar-refractivity contribution is 6.04. The van der Waals surface area contributed by atoms with Crippen molar-refractivity contribution in [3.8, 4) is 11.3 Å². The Balaban J connectivity index is 1.39. The Morgan fingerprint density at radius 1 is 1.05 bits per heavy atom.